The molecule has 7 N–H and O–H groups in total. The fourth-order valence-electron chi connectivity index (χ4n) is 0.630. The molecule has 0 fully saturated rings. The van der Waals surface area contributed by atoms with Crippen molar-refractivity contribution in [3.05, 3.63) is 0 Å². The highest BCUT2D eigenvalue weighted by molar-refractivity contribution is 6.30. The Labute approximate surface area is 73.6 Å². The Morgan fingerprint density at radius 3 is 1.83 bits per heavy atom. The molecule has 0 aliphatic heterocycles. The van der Waals surface area contributed by atoms with Gasteiger partial charge in [0.25, 0.3) is 0 Å². The summed E-state index contributed by atoms with van der Waals surface area (Å²) in [4.78, 5) is 0. The maximum Gasteiger partial charge on any atom is 0.631 e. The lowest BCUT2D eigenvalue weighted by atomic mass is 10.2. The molecule has 0 spiro atoms. The SMILES string of the molecule is CCCCCC(N)N.OB(O)O. The molecule has 0 aliphatic carbocycles. The third-order valence-electron chi connectivity index (χ3n) is 1.14. The number of unbranched alkanes of at least 4 members (excludes halogenated alkanes) is 2. The third kappa shape index (κ3) is 32.8. The van der Waals surface area contributed by atoms with Crippen molar-refractivity contribution < 1.29 is 15.1 Å². The first-order valence-corrected chi connectivity index (χ1v) is 4.06. The molecule has 0 aromatic carbocycles. The van der Waals surface area contributed by atoms with Gasteiger partial charge in [-0.05, 0) is 6.42 Å². The van der Waals surface area contributed by atoms with E-state index in [1.165, 1.54) is 19.3 Å². The molecule has 0 aromatic rings. The Balaban J connectivity index is 0. The van der Waals surface area contributed by atoms with E-state index in [4.69, 9.17) is 26.5 Å². The minimum absolute atomic E-state index is 0.0958. The predicted octanol–water partition coefficient (Wildman–Crippen LogP) is -1.24. The lowest BCUT2D eigenvalue weighted by molar-refractivity contribution is 0.278. The highest BCUT2D eigenvalue weighted by atomic mass is 16.5. The van der Waals surface area contributed by atoms with Gasteiger partial charge in [0, 0.05) is 0 Å². The van der Waals surface area contributed by atoms with Crippen LogP contribution in [-0.4, -0.2) is 28.6 Å². The molecule has 0 rings (SSSR count). The summed E-state index contributed by atoms with van der Waals surface area (Å²) in [6.45, 7) is 2.17. The zero-order valence-corrected chi connectivity index (χ0v) is 7.48. The molecule has 0 amide bonds. The minimum Gasteiger partial charge on any atom is -0.402 e. The molecule has 6 heteroatoms. The van der Waals surface area contributed by atoms with E-state index in [0.717, 1.165) is 6.42 Å². The van der Waals surface area contributed by atoms with Gasteiger partial charge >= 0.3 is 7.32 Å². The Morgan fingerprint density at radius 2 is 1.58 bits per heavy atom. The van der Waals surface area contributed by atoms with Crippen molar-refractivity contribution in [3.8, 4) is 0 Å². The normalized spacial score (nSPS) is 9.25. The third-order valence-corrected chi connectivity index (χ3v) is 1.14. The number of nitrogens with two attached hydrogens (primary N) is 2. The van der Waals surface area contributed by atoms with Crippen LogP contribution in [0.3, 0.4) is 0 Å². The second kappa shape index (κ2) is 10.9. The minimum atomic E-state index is -2.17. The zero-order chi connectivity index (χ0) is 9.98. The van der Waals surface area contributed by atoms with E-state index in [9.17, 15) is 0 Å². The molecular weight excluding hydrogens is 159 g/mol. The maximum atomic E-state index is 7.17. The van der Waals surface area contributed by atoms with Crippen LogP contribution in [-0.2, 0) is 0 Å². The summed E-state index contributed by atoms with van der Waals surface area (Å²) >= 11 is 0. The zero-order valence-electron chi connectivity index (χ0n) is 7.48. The van der Waals surface area contributed by atoms with E-state index in [1.54, 1.807) is 0 Å². The van der Waals surface area contributed by atoms with Crippen molar-refractivity contribution in [2.75, 3.05) is 0 Å². The molecule has 0 saturated carbocycles. The van der Waals surface area contributed by atoms with Crippen molar-refractivity contribution in [1.29, 1.82) is 0 Å². The van der Waals surface area contributed by atoms with Gasteiger partial charge in [0.05, 0.1) is 6.17 Å². The molecule has 0 aromatic heterocycles. The average molecular weight is 178 g/mol. The number of hydrogen-bond donors (Lipinski definition) is 5. The molecular formula is C6H19BN2O3. The van der Waals surface area contributed by atoms with Gasteiger partial charge in [-0.25, -0.2) is 0 Å². The van der Waals surface area contributed by atoms with Crippen LogP contribution in [0, 0.1) is 0 Å². The topological polar surface area (TPSA) is 113 Å². The van der Waals surface area contributed by atoms with Gasteiger partial charge in [-0.3, -0.25) is 0 Å². The Morgan fingerprint density at radius 1 is 1.17 bits per heavy atom. The maximum absolute atomic E-state index is 7.17. The van der Waals surface area contributed by atoms with Crippen LogP contribution in [0.4, 0.5) is 0 Å². The average Bonchev–Trinajstić information content (AvgIpc) is 1.86. The second-order valence-electron chi connectivity index (χ2n) is 2.51. The Hall–Kier alpha value is -0.135. The van der Waals surface area contributed by atoms with Crippen molar-refractivity contribution in [3.63, 3.8) is 0 Å². The number of hydrogen-bond acceptors (Lipinski definition) is 5. The largest absolute Gasteiger partial charge is 0.631 e. The van der Waals surface area contributed by atoms with E-state index in [1.807, 2.05) is 0 Å². The summed E-state index contributed by atoms with van der Waals surface area (Å²) in [6, 6.07) is 0. The first-order chi connectivity index (χ1) is 5.50. The fraction of sp³-hybridized carbons (Fsp3) is 1.00. The highest BCUT2D eigenvalue weighted by Crippen LogP contribution is 1.97. The molecule has 0 aliphatic rings. The van der Waals surface area contributed by atoms with E-state index in [2.05, 4.69) is 6.92 Å². The smallest absolute Gasteiger partial charge is 0.402 e. The van der Waals surface area contributed by atoms with E-state index in [0.29, 0.717) is 0 Å². The summed E-state index contributed by atoms with van der Waals surface area (Å²) in [5.41, 5.74) is 10.6. The van der Waals surface area contributed by atoms with Crippen LogP contribution in [0.1, 0.15) is 32.6 Å². The summed E-state index contributed by atoms with van der Waals surface area (Å²) in [5, 5.41) is 21.5. The monoisotopic (exact) mass is 178 g/mol. The van der Waals surface area contributed by atoms with Gasteiger partial charge < -0.3 is 26.5 Å². The van der Waals surface area contributed by atoms with Gasteiger partial charge in [-0.15, -0.1) is 0 Å². The van der Waals surface area contributed by atoms with Crippen LogP contribution in [0.5, 0.6) is 0 Å². The van der Waals surface area contributed by atoms with Gasteiger partial charge in [0.2, 0.25) is 0 Å². The summed E-state index contributed by atoms with van der Waals surface area (Å²) in [5.74, 6) is 0. The molecule has 74 valence electrons. The summed E-state index contributed by atoms with van der Waals surface area (Å²) in [6.07, 6.45) is 4.54. The molecule has 0 unspecified atom stereocenters. The summed E-state index contributed by atoms with van der Waals surface area (Å²) in [7, 11) is -2.17. The Bertz CT molecular complexity index is 80.4. The van der Waals surface area contributed by atoms with Crippen LogP contribution < -0.4 is 11.5 Å². The highest BCUT2D eigenvalue weighted by Gasteiger charge is 1.92. The van der Waals surface area contributed by atoms with Crippen molar-refractivity contribution in [2.24, 2.45) is 11.5 Å². The lowest BCUT2D eigenvalue weighted by Gasteiger charge is -2.01. The van der Waals surface area contributed by atoms with Crippen LogP contribution >= 0.6 is 0 Å². The van der Waals surface area contributed by atoms with E-state index < -0.39 is 7.32 Å². The molecule has 5 nitrogen and oxygen atoms in total. The van der Waals surface area contributed by atoms with E-state index >= 15 is 0 Å². The molecule has 12 heavy (non-hydrogen) atoms. The van der Waals surface area contributed by atoms with Crippen molar-refractivity contribution in [2.45, 2.75) is 38.8 Å². The van der Waals surface area contributed by atoms with Crippen LogP contribution in [0.25, 0.3) is 0 Å². The van der Waals surface area contributed by atoms with Gasteiger partial charge in [-0.1, -0.05) is 26.2 Å². The molecule has 0 atom stereocenters. The van der Waals surface area contributed by atoms with Gasteiger partial charge in [0.1, 0.15) is 0 Å². The second-order valence-corrected chi connectivity index (χ2v) is 2.51. The molecule has 0 heterocycles. The molecule has 0 bridgehead atoms. The summed E-state index contributed by atoms with van der Waals surface area (Å²) < 4.78 is 0. The van der Waals surface area contributed by atoms with Gasteiger partial charge in [-0.2, -0.15) is 0 Å². The quantitative estimate of drug-likeness (QED) is 0.210. The molecule has 0 saturated heterocycles. The Kier molecular flexibility index (Phi) is 13.0. The standard InChI is InChI=1S/C6H16N2.BH3O3/c1-2-3-4-5-6(7)8;2-1(3)4/h6H,2-5,7-8H2,1H3;2-4H. The van der Waals surface area contributed by atoms with E-state index in [-0.39, 0.29) is 6.17 Å². The van der Waals surface area contributed by atoms with Crippen LogP contribution in [0.15, 0.2) is 0 Å². The van der Waals surface area contributed by atoms with Gasteiger partial charge in [0.15, 0.2) is 0 Å². The number of rotatable bonds is 4. The van der Waals surface area contributed by atoms with Crippen LogP contribution in [0.2, 0.25) is 0 Å². The predicted molar refractivity (Wildman–Crippen MR) is 48.7 cm³/mol. The van der Waals surface area contributed by atoms with Crippen molar-refractivity contribution in [1.82, 2.24) is 0 Å². The lowest BCUT2D eigenvalue weighted by Crippen LogP contribution is -2.29. The first-order valence-electron chi connectivity index (χ1n) is 4.06. The fourth-order valence-corrected chi connectivity index (χ4v) is 0.630. The molecule has 0 radical (unpaired) electrons. The van der Waals surface area contributed by atoms with Crippen molar-refractivity contribution >= 4 is 7.32 Å². The first kappa shape index (κ1) is 14.4.